The van der Waals surface area contributed by atoms with Gasteiger partial charge in [-0.05, 0) is 30.4 Å². The molecule has 0 saturated carbocycles. The van der Waals surface area contributed by atoms with Crippen molar-refractivity contribution in [2.45, 2.75) is 25.4 Å². The standard InChI is InChI=1S/C11H14N2OS/c1-7-11(14)13-4-2-8-3-5-15-10(8)9(13)6-12-7/h3,5,7,9,12H,2,4,6H2,1H3. The summed E-state index contributed by atoms with van der Waals surface area (Å²) < 4.78 is 0. The maximum atomic E-state index is 12.0. The van der Waals surface area contributed by atoms with Crippen LogP contribution in [0.1, 0.15) is 23.4 Å². The highest BCUT2D eigenvalue weighted by Gasteiger charge is 2.37. The van der Waals surface area contributed by atoms with E-state index in [1.165, 1.54) is 10.4 Å². The summed E-state index contributed by atoms with van der Waals surface area (Å²) in [5.41, 5.74) is 1.44. The smallest absolute Gasteiger partial charge is 0.240 e. The number of carbonyl (C=O) groups excluding carboxylic acids is 1. The molecule has 1 amide bonds. The van der Waals surface area contributed by atoms with Gasteiger partial charge in [-0.25, -0.2) is 0 Å². The van der Waals surface area contributed by atoms with Crippen LogP contribution >= 0.6 is 11.3 Å². The molecule has 2 atom stereocenters. The van der Waals surface area contributed by atoms with Gasteiger partial charge in [-0.2, -0.15) is 0 Å². The molecule has 1 aromatic rings. The second kappa shape index (κ2) is 3.32. The van der Waals surface area contributed by atoms with Crippen LogP contribution in [-0.2, 0) is 11.2 Å². The van der Waals surface area contributed by atoms with Crippen molar-refractivity contribution >= 4 is 17.2 Å². The SMILES string of the molecule is CC1NCC2c3sccc3CCN2C1=O. The number of nitrogens with one attached hydrogen (secondary N) is 1. The molecule has 3 rings (SSSR count). The molecule has 2 aliphatic heterocycles. The van der Waals surface area contributed by atoms with Gasteiger partial charge in [0.05, 0.1) is 12.1 Å². The van der Waals surface area contributed by atoms with Gasteiger partial charge < -0.3 is 10.2 Å². The van der Waals surface area contributed by atoms with Crippen molar-refractivity contribution in [2.24, 2.45) is 0 Å². The lowest BCUT2D eigenvalue weighted by atomic mass is 9.98. The Balaban J connectivity index is 1.97. The van der Waals surface area contributed by atoms with E-state index in [1.807, 2.05) is 11.8 Å². The van der Waals surface area contributed by atoms with Gasteiger partial charge in [-0.3, -0.25) is 4.79 Å². The van der Waals surface area contributed by atoms with E-state index in [0.29, 0.717) is 0 Å². The third-order valence-corrected chi connectivity index (χ3v) is 4.41. The normalized spacial score (nSPS) is 29.9. The molecule has 80 valence electrons. The van der Waals surface area contributed by atoms with E-state index in [1.54, 1.807) is 11.3 Å². The molecule has 3 heterocycles. The van der Waals surface area contributed by atoms with Crippen molar-refractivity contribution in [3.8, 4) is 0 Å². The number of hydrogen-bond donors (Lipinski definition) is 1. The van der Waals surface area contributed by atoms with E-state index in [4.69, 9.17) is 0 Å². The van der Waals surface area contributed by atoms with E-state index >= 15 is 0 Å². The maximum Gasteiger partial charge on any atom is 0.240 e. The van der Waals surface area contributed by atoms with Crippen LogP contribution in [0.5, 0.6) is 0 Å². The van der Waals surface area contributed by atoms with Gasteiger partial charge in [0.15, 0.2) is 0 Å². The zero-order chi connectivity index (χ0) is 10.4. The van der Waals surface area contributed by atoms with Crippen LogP contribution < -0.4 is 5.32 Å². The summed E-state index contributed by atoms with van der Waals surface area (Å²) in [4.78, 5) is 15.4. The first-order chi connectivity index (χ1) is 7.27. The summed E-state index contributed by atoms with van der Waals surface area (Å²) in [7, 11) is 0. The summed E-state index contributed by atoms with van der Waals surface area (Å²) in [6, 6.07) is 2.47. The molecule has 4 heteroatoms. The minimum Gasteiger partial charge on any atom is -0.332 e. The first kappa shape index (κ1) is 9.36. The van der Waals surface area contributed by atoms with Gasteiger partial charge in [0.2, 0.25) is 5.91 Å². The van der Waals surface area contributed by atoms with Gasteiger partial charge in [0, 0.05) is 18.0 Å². The number of hydrogen-bond acceptors (Lipinski definition) is 3. The van der Waals surface area contributed by atoms with Crippen LogP contribution in [0, 0.1) is 0 Å². The highest BCUT2D eigenvalue weighted by Crippen LogP contribution is 2.35. The summed E-state index contributed by atoms with van der Waals surface area (Å²) >= 11 is 1.78. The van der Waals surface area contributed by atoms with Crippen molar-refractivity contribution in [3.63, 3.8) is 0 Å². The zero-order valence-corrected chi connectivity index (χ0v) is 9.51. The van der Waals surface area contributed by atoms with Crippen molar-refractivity contribution in [3.05, 3.63) is 21.9 Å². The lowest BCUT2D eigenvalue weighted by Crippen LogP contribution is -2.56. The van der Waals surface area contributed by atoms with Crippen molar-refractivity contribution in [1.82, 2.24) is 10.2 Å². The Bertz CT molecular complexity index is 401. The lowest BCUT2D eigenvalue weighted by Gasteiger charge is -2.41. The third-order valence-electron chi connectivity index (χ3n) is 3.35. The molecule has 1 saturated heterocycles. The fraction of sp³-hybridized carbons (Fsp3) is 0.545. The predicted molar refractivity (Wildman–Crippen MR) is 59.9 cm³/mol. The van der Waals surface area contributed by atoms with Gasteiger partial charge >= 0.3 is 0 Å². The van der Waals surface area contributed by atoms with E-state index in [9.17, 15) is 4.79 Å². The van der Waals surface area contributed by atoms with Crippen LogP contribution in [0.3, 0.4) is 0 Å². The quantitative estimate of drug-likeness (QED) is 0.714. The monoisotopic (exact) mass is 222 g/mol. The average molecular weight is 222 g/mol. The van der Waals surface area contributed by atoms with Crippen molar-refractivity contribution in [2.75, 3.05) is 13.1 Å². The number of rotatable bonds is 0. The highest BCUT2D eigenvalue weighted by molar-refractivity contribution is 7.10. The fourth-order valence-corrected chi connectivity index (χ4v) is 3.54. The summed E-state index contributed by atoms with van der Waals surface area (Å²) in [5.74, 6) is 0.255. The molecule has 0 spiro atoms. The minimum atomic E-state index is -0.0113. The van der Waals surface area contributed by atoms with Crippen molar-refractivity contribution in [1.29, 1.82) is 0 Å². The highest BCUT2D eigenvalue weighted by atomic mass is 32.1. The number of piperazine rings is 1. The van der Waals surface area contributed by atoms with Crippen LogP contribution in [0.25, 0.3) is 0 Å². The lowest BCUT2D eigenvalue weighted by molar-refractivity contribution is -0.138. The van der Waals surface area contributed by atoms with Gasteiger partial charge in [0.25, 0.3) is 0 Å². The molecule has 15 heavy (non-hydrogen) atoms. The average Bonchev–Trinajstić information content (AvgIpc) is 2.71. The number of carbonyl (C=O) groups is 1. The molecule has 0 aliphatic carbocycles. The fourth-order valence-electron chi connectivity index (χ4n) is 2.48. The molecular formula is C11H14N2OS. The van der Waals surface area contributed by atoms with Gasteiger partial charge in [-0.1, -0.05) is 0 Å². The van der Waals surface area contributed by atoms with Crippen LogP contribution in [0.2, 0.25) is 0 Å². The summed E-state index contributed by atoms with van der Waals surface area (Å²) in [6.45, 7) is 3.74. The molecule has 2 aliphatic rings. The van der Waals surface area contributed by atoms with Crippen LogP contribution in [0.15, 0.2) is 11.4 Å². The Morgan fingerprint density at radius 3 is 3.33 bits per heavy atom. The largest absolute Gasteiger partial charge is 0.332 e. The molecule has 2 unspecified atom stereocenters. The molecule has 0 radical (unpaired) electrons. The predicted octanol–water partition coefficient (Wildman–Crippen LogP) is 1.17. The first-order valence-electron chi connectivity index (χ1n) is 5.37. The first-order valence-corrected chi connectivity index (χ1v) is 6.25. The maximum absolute atomic E-state index is 12.0. The molecule has 1 fully saturated rings. The minimum absolute atomic E-state index is 0.0113. The molecule has 3 nitrogen and oxygen atoms in total. The molecule has 1 aromatic heterocycles. The number of thiophene rings is 1. The number of nitrogens with zero attached hydrogens (tertiary/aromatic N) is 1. The van der Waals surface area contributed by atoms with E-state index in [0.717, 1.165) is 19.5 Å². The van der Waals surface area contributed by atoms with Crippen LogP contribution in [0.4, 0.5) is 0 Å². The topological polar surface area (TPSA) is 32.3 Å². The second-order valence-corrected chi connectivity index (χ2v) is 5.19. The number of amides is 1. The van der Waals surface area contributed by atoms with Crippen LogP contribution in [-0.4, -0.2) is 29.9 Å². The summed E-state index contributed by atoms with van der Waals surface area (Å²) in [6.07, 6.45) is 1.02. The van der Waals surface area contributed by atoms with E-state index in [-0.39, 0.29) is 18.0 Å². The summed E-state index contributed by atoms with van der Waals surface area (Å²) in [5, 5.41) is 5.41. The Hall–Kier alpha value is -0.870. The van der Waals surface area contributed by atoms with Gasteiger partial charge in [0.1, 0.15) is 0 Å². The zero-order valence-electron chi connectivity index (χ0n) is 8.69. The van der Waals surface area contributed by atoms with E-state index in [2.05, 4.69) is 16.8 Å². The number of fused-ring (bicyclic) bond motifs is 3. The Kier molecular flexibility index (Phi) is 2.07. The molecule has 0 aromatic carbocycles. The Morgan fingerprint density at radius 2 is 2.47 bits per heavy atom. The van der Waals surface area contributed by atoms with Gasteiger partial charge in [-0.15, -0.1) is 11.3 Å². The molecular weight excluding hydrogens is 208 g/mol. The Labute approximate surface area is 93.1 Å². The van der Waals surface area contributed by atoms with Crippen molar-refractivity contribution < 1.29 is 4.79 Å². The second-order valence-electron chi connectivity index (χ2n) is 4.24. The molecule has 1 N–H and O–H groups in total. The molecule has 0 bridgehead atoms. The Morgan fingerprint density at radius 1 is 1.60 bits per heavy atom. The van der Waals surface area contributed by atoms with E-state index < -0.39 is 0 Å². The third kappa shape index (κ3) is 1.32.